The van der Waals surface area contributed by atoms with E-state index in [0.29, 0.717) is 11.7 Å². The number of halogens is 1. The second kappa shape index (κ2) is 5.62. The average molecular weight is 248 g/mol. The highest BCUT2D eigenvalue weighted by Gasteiger charge is 2.07. The molecule has 18 heavy (non-hydrogen) atoms. The van der Waals surface area contributed by atoms with Crippen LogP contribution < -0.4 is 5.32 Å². The van der Waals surface area contributed by atoms with Crippen molar-refractivity contribution in [2.45, 2.75) is 32.7 Å². The monoisotopic (exact) mass is 248 g/mol. The van der Waals surface area contributed by atoms with Crippen molar-refractivity contribution in [2.24, 2.45) is 0 Å². The van der Waals surface area contributed by atoms with Crippen LogP contribution in [0.3, 0.4) is 0 Å². The molecule has 0 bridgehead atoms. The van der Waals surface area contributed by atoms with Gasteiger partial charge in [-0.2, -0.15) is 5.10 Å². The number of hydrogen-bond donors (Lipinski definition) is 1. The van der Waals surface area contributed by atoms with Gasteiger partial charge >= 0.3 is 0 Å². The van der Waals surface area contributed by atoms with E-state index in [0.717, 1.165) is 18.5 Å². The van der Waals surface area contributed by atoms with E-state index in [9.17, 15) is 4.39 Å². The Morgan fingerprint density at radius 3 is 2.89 bits per heavy atom. The molecule has 0 fully saturated rings. The van der Waals surface area contributed by atoms with Crippen molar-refractivity contribution in [1.82, 2.24) is 14.8 Å². The molecule has 96 valence electrons. The molecule has 2 rings (SSSR count). The largest absolute Gasteiger partial charge is 0.383 e. The Labute approximate surface area is 106 Å². The van der Waals surface area contributed by atoms with Crippen LogP contribution in [0.25, 0.3) is 5.69 Å². The molecule has 1 aromatic carbocycles. The lowest BCUT2D eigenvalue weighted by molar-refractivity contribution is 0.610. The minimum absolute atomic E-state index is 0.311. The molecule has 0 saturated carbocycles. The van der Waals surface area contributed by atoms with Gasteiger partial charge in [0.2, 0.25) is 0 Å². The molecule has 0 amide bonds. The summed E-state index contributed by atoms with van der Waals surface area (Å²) in [6.07, 6.45) is 5.03. The molecule has 1 aromatic heterocycles. The SMILES string of the molecule is CCCC(C)Nc1ccc(-n2cncn2)c(F)c1. The quantitative estimate of drug-likeness (QED) is 0.884. The predicted octanol–water partition coefficient (Wildman–Crippen LogP) is 3.01. The maximum atomic E-state index is 13.9. The molecular formula is C13H17FN4. The molecule has 0 aliphatic carbocycles. The number of benzene rings is 1. The first-order valence-electron chi connectivity index (χ1n) is 6.11. The lowest BCUT2D eigenvalue weighted by Crippen LogP contribution is -2.14. The second-order valence-electron chi connectivity index (χ2n) is 4.34. The van der Waals surface area contributed by atoms with Crippen LogP contribution >= 0.6 is 0 Å². The Hall–Kier alpha value is -1.91. The van der Waals surface area contributed by atoms with E-state index in [1.807, 2.05) is 6.07 Å². The Bertz CT molecular complexity index is 496. The van der Waals surface area contributed by atoms with Crippen LogP contribution in [-0.2, 0) is 0 Å². The minimum Gasteiger partial charge on any atom is -0.383 e. The van der Waals surface area contributed by atoms with E-state index in [-0.39, 0.29) is 5.82 Å². The van der Waals surface area contributed by atoms with Gasteiger partial charge in [0.15, 0.2) is 5.82 Å². The topological polar surface area (TPSA) is 42.7 Å². The molecule has 0 aliphatic rings. The maximum Gasteiger partial charge on any atom is 0.150 e. The van der Waals surface area contributed by atoms with Gasteiger partial charge in [0.25, 0.3) is 0 Å². The zero-order valence-corrected chi connectivity index (χ0v) is 10.6. The van der Waals surface area contributed by atoms with Crippen LogP contribution in [0.4, 0.5) is 10.1 Å². The summed E-state index contributed by atoms with van der Waals surface area (Å²) in [4.78, 5) is 3.80. The van der Waals surface area contributed by atoms with Crippen molar-refractivity contribution in [3.8, 4) is 5.69 Å². The second-order valence-corrected chi connectivity index (χ2v) is 4.34. The van der Waals surface area contributed by atoms with Crippen molar-refractivity contribution >= 4 is 5.69 Å². The molecule has 4 nitrogen and oxygen atoms in total. The molecule has 0 spiro atoms. The van der Waals surface area contributed by atoms with E-state index in [4.69, 9.17) is 0 Å². The number of nitrogens with one attached hydrogen (secondary N) is 1. The van der Waals surface area contributed by atoms with Crippen molar-refractivity contribution in [2.75, 3.05) is 5.32 Å². The molecular weight excluding hydrogens is 231 g/mol. The van der Waals surface area contributed by atoms with Gasteiger partial charge in [-0.1, -0.05) is 13.3 Å². The highest BCUT2D eigenvalue weighted by atomic mass is 19.1. The summed E-state index contributed by atoms with van der Waals surface area (Å²) in [7, 11) is 0. The highest BCUT2D eigenvalue weighted by molar-refractivity contribution is 5.49. The van der Waals surface area contributed by atoms with Gasteiger partial charge in [-0.05, 0) is 31.5 Å². The third-order valence-corrected chi connectivity index (χ3v) is 2.75. The number of hydrogen-bond acceptors (Lipinski definition) is 3. The third kappa shape index (κ3) is 2.85. The van der Waals surface area contributed by atoms with Gasteiger partial charge in [-0.15, -0.1) is 0 Å². The van der Waals surface area contributed by atoms with Crippen molar-refractivity contribution in [3.05, 3.63) is 36.7 Å². The lowest BCUT2D eigenvalue weighted by Gasteiger charge is -2.14. The molecule has 0 radical (unpaired) electrons. The summed E-state index contributed by atoms with van der Waals surface area (Å²) >= 11 is 0. The fourth-order valence-electron chi connectivity index (χ4n) is 1.90. The molecule has 1 heterocycles. The molecule has 1 N–H and O–H groups in total. The van der Waals surface area contributed by atoms with Gasteiger partial charge in [0.05, 0.1) is 0 Å². The first kappa shape index (κ1) is 12.5. The normalized spacial score (nSPS) is 12.4. The van der Waals surface area contributed by atoms with Crippen LogP contribution in [0.15, 0.2) is 30.9 Å². The summed E-state index contributed by atoms with van der Waals surface area (Å²) in [5.74, 6) is -0.311. The Morgan fingerprint density at radius 2 is 2.28 bits per heavy atom. The Kier molecular flexibility index (Phi) is 3.92. The van der Waals surface area contributed by atoms with Gasteiger partial charge in [-0.25, -0.2) is 14.1 Å². The summed E-state index contributed by atoms with van der Waals surface area (Å²) in [5, 5.41) is 7.18. The predicted molar refractivity (Wildman–Crippen MR) is 69.3 cm³/mol. The molecule has 5 heteroatoms. The van der Waals surface area contributed by atoms with Crippen LogP contribution in [0, 0.1) is 5.82 Å². The van der Waals surface area contributed by atoms with E-state index in [2.05, 4.69) is 29.2 Å². The maximum absolute atomic E-state index is 13.9. The van der Waals surface area contributed by atoms with Crippen LogP contribution in [0.1, 0.15) is 26.7 Å². The van der Waals surface area contributed by atoms with Gasteiger partial charge in [-0.3, -0.25) is 0 Å². The summed E-state index contributed by atoms with van der Waals surface area (Å²) in [5.41, 5.74) is 1.19. The van der Waals surface area contributed by atoms with Gasteiger partial charge < -0.3 is 5.32 Å². The van der Waals surface area contributed by atoms with Crippen LogP contribution in [-0.4, -0.2) is 20.8 Å². The first-order chi connectivity index (χ1) is 8.70. The molecule has 1 unspecified atom stereocenters. The third-order valence-electron chi connectivity index (χ3n) is 2.75. The van der Waals surface area contributed by atoms with Crippen molar-refractivity contribution in [3.63, 3.8) is 0 Å². The fraction of sp³-hybridized carbons (Fsp3) is 0.385. The number of anilines is 1. The standard InChI is InChI=1S/C13H17FN4/c1-3-4-10(2)17-11-5-6-13(12(14)7-11)18-9-15-8-16-18/h5-10,17H,3-4H2,1-2H3. The molecule has 0 aliphatic heterocycles. The zero-order valence-electron chi connectivity index (χ0n) is 10.6. The molecule has 1 atom stereocenters. The van der Waals surface area contributed by atoms with Crippen molar-refractivity contribution < 1.29 is 4.39 Å². The zero-order chi connectivity index (χ0) is 13.0. The molecule has 2 aromatic rings. The lowest BCUT2D eigenvalue weighted by atomic mass is 10.2. The van der Waals surface area contributed by atoms with Gasteiger partial charge in [0.1, 0.15) is 18.3 Å². The number of nitrogens with zero attached hydrogens (tertiary/aromatic N) is 3. The van der Waals surface area contributed by atoms with E-state index in [1.165, 1.54) is 23.4 Å². The van der Waals surface area contributed by atoms with Crippen molar-refractivity contribution in [1.29, 1.82) is 0 Å². The Morgan fingerprint density at radius 1 is 1.44 bits per heavy atom. The van der Waals surface area contributed by atoms with Crippen LogP contribution in [0.5, 0.6) is 0 Å². The average Bonchev–Trinajstić information content (AvgIpc) is 2.82. The van der Waals surface area contributed by atoms with E-state index in [1.54, 1.807) is 6.07 Å². The van der Waals surface area contributed by atoms with E-state index < -0.39 is 0 Å². The summed E-state index contributed by atoms with van der Waals surface area (Å²) < 4.78 is 15.3. The number of aromatic nitrogens is 3. The minimum atomic E-state index is -0.311. The van der Waals surface area contributed by atoms with Crippen LogP contribution in [0.2, 0.25) is 0 Å². The smallest absolute Gasteiger partial charge is 0.150 e. The number of rotatable bonds is 5. The summed E-state index contributed by atoms with van der Waals surface area (Å²) in [6.45, 7) is 4.22. The highest BCUT2D eigenvalue weighted by Crippen LogP contribution is 2.18. The van der Waals surface area contributed by atoms with E-state index >= 15 is 0 Å². The Balaban J connectivity index is 2.15. The molecule has 0 saturated heterocycles. The fourth-order valence-corrected chi connectivity index (χ4v) is 1.90. The summed E-state index contributed by atoms with van der Waals surface area (Å²) in [6, 6.07) is 5.38. The van der Waals surface area contributed by atoms with Gasteiger partial charge in [0, 0.05) is 11.7 Å². The first-order valence-corrected chi connectivity index (χ1v) is 6.11.